The molecule has 6 heteroatoms. The number of hydrogen-bond acceptors (Lipinski definition) is 3. The first-order chi connectivity index (χ1) is 13.7. The van der Waals surface area contributed by atoms with Crippen molar-refractivity contribution in [3.63, 3.8) is 0 Å². The number of hydrogen-bond donors (Lipinski definition) is 1. The second-order valence-corrected chi connectivity index (χ2v) is 7.49. The molecule has 2 aliphatic rings. The molecular weight excluding hydrogens is 352 g/mol. The van der Waals surface area contributed by atoms with Gasteiger partial charge in [0, 0.05) is 37.9 Å². The minimum absolute atomic E-state index is 0.122. The molecule has 0 aliphatic carbocycles. The lowest BCUT2D eigenvalue weighted by Gasteiger charge is -2.23. The van der Waals surface area contributed by atoms with Gasteiger partial charge in [0.2, 0.25) is 0 Å². The number of urea groups is 1. The number of nitrogens with zero attached hydrogens (tertiary/aromatic N) is 3. The first-order valence-corrected chi connectivity index (χ1v) is 9.69. The zero-order valence-electron chi connectivity index (χ0n) is 15.5. The van der Waals surface area contributed by atoms with Crippen molar-refractivity contribution in [3.8, 4) is 0 Å². The summed E-state index contributed by atoms with van der Waals surface area (Å²) >= 11 is 0. The molecular formula is C22H22N4O2. The van der Waals surface area contributed by atoms with Crippen LogP contribution in [0.25, 0.3) is 10.9 Å². The van der Waals surface area contributed by atoms with Crippen LogP contribution >= 0.6 is 0 Å². The summed E-state index contributed by atoms with van der Waals surface area (Å²) in [6, 6.07) is 17.1. The van der Waals surface area contributed by atoms with Gasteiger partial charge in [-0.2, -0.15) is 0 Å². The van der Waals surface area contributed by atoms with Crippen molar-refractivity contribution < 1.29 is 9.59 Å². The minimum Gasteiger partial charge on any atom is -0.361 e. The van der Waals surface area contributed by atoms with Gasteiger partial charge in [-0.1, -0.05) is 30.3 Å². The Bertz CT molecular complexity index is 1030. The second-order valence-electron chi connectivity index (χ2n) is 7.49. The van der Waals surface area contributed by atoms with Gasteiger partial charge in [-0.25, -0.2) is 9.69 Å². The molecule has 1 aromatic heterocycles. The number of amides is 3. The van der Waals surface area contributed by atoms with E-state index in [9.17, 15) is 9.59 Å². The quantitative estimate of drug-likeness (QED) is 0.716. The fourth-order valence-electron chi connectivity index (χ4n) is 4.28. The molecule has 6 nitrogen and oxygen atoms in total. The molecule has 2 aromatic carbocycles. The monoisotopic (exact) mass is 374 g/mol. The van der Waals surface area contributed by atoms with Crippen LogP contribution in [-0.4, -0.2) is 52.4 Å². The number of rotatable bonds is 3. The molecule has 2 saturated heterocycles. The summed E-state index contributed by atoms with van der Waals surface area (Å²) in [5.41, 5.74) is 2.98. The lowest BCUT2D eigenvalue weighted by Crippen LogP contribution is -2.41. The molecule has 28 heavy (non-hydrogen) atoms. The molecule has 3 aromatic rings. The van der Waals surface area contributed by atoms with Crippen molar-refractivity contribution in [3.05, 3.63) is 66.4 Å². The number of nitrogens with one attached hydrogen (secondary N) is 1. The van der Waals surface area contributed by atoms with Crippen LogP contribution in [0.1, 0.15) is 12.0 Å². The van der Waals surface area contributed by atoms with Gasteiger partial charge in [0.25, 0.3) is 5.91 Å². The molecule has 0 radical (unpaired) electrons. The first kappa shape index (κ1) is 17.0. The van der Waals surface area contributed by atoms with Gasteiger partial charge >= 0.3 is 6.03 Å². The normalized spacial score (nSPS) is 20.6. The van der Waals surface area contributed by atoms with E-state index in [1.807, 2.05) is 36.5 Å². The zero-order chi connectivity index (χ0) is 19.1. The fourth-order valence-corrected chi connectivity index (χ4v) is 4.28. The average Bonchev–Trinajstić information content (AvgIpc) is 3.18. The van der Waals surface area contributed by atoms with Gasteiger partial charge in [0.05, 0.1) is 5.69 Å². The highest BCUT2D eigenvalue weighted by molar-refractivity contribution is 6.21. The Kier molecular flexibility index (Phi) is 4.13. The number of carbonyl (C=O) groups excluding carboxylic acids is 2. The number of carbonyl (C=O) groups is 2. The first-order valence-electron chi connectivity index (χ1n) is 9.69. The SMILES string of the molecule is O=C1C2CN(Cc3ccc4cc[nH]c4c3)CCCN2C(=O)N1c1ccccc1. The largest absolute Gasteiger partial charge is 0.361 e. The number of benzene rings is 2. The summed E-state index contributed by atoms with van der Waals surface area (Å²) in [6.45, 7) is 2.83. The maximum absolute atomic E-state index is 13.1. The summed E-state index contributed by atoms with van der Waals surface area (Å²) < 4.78 is 0. The third-order valence-electron chi connectivity index (χ3n) is 5.66. The third-order valence-corrected chi connectivity index (χ3v) is 5.66. The van der Waals surface area contributed by atoms with Gasteiger partial charge in [-0.15, -0.1) is 0 Å². The third kappa shape index (κ3) is 2.86. The summed E-state index contributed by atoms with van der Waals surface area (Å²) in [4.78, 5) is 34.6. The number of para-hydroxylation sites is 1. The Morgan fingerprint density at radius 2 is 1.86 bits per heavy atom. The maximum Gasteiger partial charge on any atom is 0.332 e. The molecule has 5 rings (SSSR count). The van der Waals surface area contributed by atoms with E-state index in [1.54, 1.807) is 4.90 Å². The van der Waals surface area contributed by atoms with E-state index in [0.29, 0.717) is 18.8 Å². The molecule has 0 saturated carbocycles. The van der Waals surface area contributed by atoms with E-state index in [-0.39, 0.29) is 11.9 Å². The number of H-pyrrole nitrogens is 1. The van der Waals surface area contributed by atoms with E-state index in [4.69, 9.17) is 0 Å². The molecule has 1 unspecified atom stereocenters. The molecule has 3 heterocycles. The Hall–Kier alpha value is -3.12. The standard InChI is InChI=1S/C22H22N4O2/c27-21-20-15-24(14-16-7-8-17-9-10-23-19(17)13-16)11-4-12-25(20)22(28)26(21)18-5-2-1-3-6-18/h1-3,5-10,13,20,23H,4,11-12,14-15H2. The Labute approximate surface area is 163 Å². The number of fused-ring (bicyclic) bond motifs is 2. The molecule has 0 spiro atoms. The van der Waals surface area contributed by atoms with Crippen LogP contribution in [0.15, 0.2) is 60.8 Å². The predicted molar refractivity (Wildman–Crippen MR) is 108 cm³/mol. The summed E-state index contributed by atoms with van der Waals surface area (Å²) in [6.07, 6.45) is 2.81. The van der Waals surface area contributed by atoms with Gasteiger partial charge < -0.3 is 9.88 Å². The molecule has 142 valence electrons. The van der Waals surface area contributed by atoms with Gasteiger partial charge in [0.1, 0.15) is 6.04 Å². The number of imide groups is 1. The maximum atomic E-state index is 13.1. The van der Waals surface area contributed by atoms with Gasteiger partial charge in [-0.3, -0.25) is 9.69 Å². The Morgan fingerprint density at radius 1 is 1.00 bits per heavy atom. The van der Waals surface area contributed by atoms with Crippen LogP contribution in [0.5, 0.6) is 0 Å². The van der Waals surface area contributed by atoms with E-state index < -0.39 is 6.04 Å². The molecule has 1 atom stereocenters. The van der Waals surface area contributed by atoms with Crippen molar-refractivity contribution in [1.82, 2.24) is 14.8 Å². The number of aromatic nitrogens is 1. The summed E-state index contributed by atoms with van der Waals surface area (Å²) in [5.74, 6) is -0.122. The number of aromatic amines is 1. The van der Waals surface area contributed by atoms with Crippen molar-refractivity contribution in [2.24, 2.45) is 0 Å². The molecule has 3 amide bonds. The smallest absolute Gasteiger partial charge is 0.332 e. The van der Waals surface area contributed by atoms with Crippen molar-refractivity contribution in [2.45, 2.75) is 19.0 Å². The predicted octanol–water partition coefficient (Wildman–Crippen LogP) is 3.21. The minimum atomic E-state index is -0.413. The van der Waals surface area contributed by atoms with Gasteiger partial charge in [0.15, 0.2) is 0 Å². The highest BCUT2D eigenvalue weighted by Crippen LogP contribution is 2.28. The van der Waals surface area contributed by atoms with Crippen molar-refractivity contribution >= 4 is 28.5 Å². The molecule has 2 fully saturated rings. The Morgan fingerprint density at radius 3 is 2.71 bits per heavy atom. The van der Waals surface area contributed by atoms with E-state index in [2.05, 4.69) is 34.1 Å². The van der Waals surface area contributed by atoms with Crippen molar-refractivity contribution in [1.29, 1.82) is 0 Å². The van der Waals surface area contributed by atoms with Crippen LogP contribution in [0.4, 0.5) is 10.5 Å². The average molecular weight is 374 g/mol. The van der Waals surface area contributed by atoms with E-state index >= 15 is 0 Å². The molecule has 2 aliphatic heterocycles. The van der Waals surface area contributed by atoms with Gasteiger partial charge in [-0.05, 0) is 41.6 Å². The fraction of sp³-hybridized carbons (Fsp3) is 0.273. The lowest BCUT2D eigenvalue weighted by molar-refractivity contribution is -0.120. The summed E-state index contributed by atoms with van der Waals surface area (Å²) in [5, 5.41) is 1.20. The van der Waals surface area contributed by atoms with Crippen LogP contribution in [-0.2, 0) is 11.3 Å². The van der Waals surface area contributed by atoms with Crippen LogP contribution in [0.3, 0.4) is 0 Å². The molecule has 1 N–H and O–H groups in total. The van der Waals surface area contributed by atoms with Crippen molar-refractivity contribution in [2.75, 3.05) is 24.5 Å². The second kappa shape index (κ2) is 6.80. The Balaban J connectivity index is 1.37. The highest BCUT2D eigenvalue weighted by atomic mass is 16.2. The topological polar surface area (TPSA) is 59.7 Å². The van der Waals surface area contributed by atoms with Crippen LogP contribution < -0.4 is 4.90 Å². The number of anilines is 1. The lowest BCUT2D eigenvalue weighted by atomic mass is 10.1. The highest BCUT2D eigenvalue weighted by Gasteiger charge is 2.47. The van der Waals surface area contributed by atoms with Crippen LogP contribution in [0, 0.1) is 0 Å². The summed E-state index contributed by atoms with van der Waals surface area (Å²) in [7, 11) is 0. The van der Waals surface area contributed by atoms with Crippen LogP contribution in [0.2, 0.25) is 0 Å². The zero-order valence-corrected chi connectivity index (χ0v) is 15.5. The molecule has 0 bridgehead atoms. The van der Waals surface area contributed by atoms with E-state index in [0.717, 1.165) is 25.0 Å². The van der Waals surface area contributed by atoms with E-state index in [1.165, 1.54) is 15.8 Å².